The average molecular weight is 232 g/mol. The molecule has 2 atom stereocenters. The van der Waals surface area contributed by atoms with Gasteiger partial charge in [0, 0.05) is 5.73 Å². The molecule has 92 valence electrons. The summed E-state index contributed by atoms with van der Waals surface area (Å²) in [7, 11) is -1.72. The van der Waals surface area contributed by atoms with Crippen molar-refractivity contribution < 1.29 is 10.2 Å². The maximum atomic E-state index is 10.2. The third-order valence-electron chi connectivity index (χ3n) is 4.00. The Morgan fingerprint density at radius 3 is 1.73 bits per heavy atom. The highest BCUT2D eigenvalue weighted by atomic mass is 28.3. The summed E-state index contributed by atoms with van der Waals surface area (Å²) in [5.41, 5.74) is -0.324. The molecule has 0 aromatic rings. The molecule has 0 aliphatic carbocycles. The highest BCUT2D eigenvalue weighted by Crippen LogP contribution is 2.39. The Morgan fingerprint density at radius 1 is 1.07 bits per heavy atom. The predicted molar refractivity (Wildman–Crippen MR) is 68.7 cm³/mol. The summed E-state index contributed by atoms with van der Waals surface area (Å²) in [5, 5.41) is 20.2. The number of hydrogen-bond donors (Lipinski definition) is 2. The molecule has 0 aliphatic heterocycles. The lowest BCUT2D eigenvalue weighted by molar-refractivity contribution is 0.0768. The van der Waals surface area contributed by atoms with Gasteiger partial charge >= 0.3 is 0 Å². The van der Waals surface area contributed by atoms with Gasteiger partial charge in [0.05, 0.1) is 14.2 Å². The summed E-state index contributed by atoms with van der Waals surface area (Å²) in [6, 6.07) is 0. The van der Waals surface area contributed by atoms with E-state index in [9.17, 15) is 10.2 Å². The van der Waals surface area contributed by atoms with E-state index < -0.39 is 8.07 Å². The standard InChI is InChI=1S/C12H28O2Si/c1-9(2)10(13)8-11(14)15(6,7)12(3,4)5/h9-11,13-14H,8H2,1-7H3. The van der Waals surface area contributed by atoms with Gasteiger partial charge < -0.3 is 10.2 Å². The fraction of sp³-hybridized carbons (Fsp3) is 1.00. The molecule has 2 unspecified atom stereocenters. The van der Waals surface area contributed by atoms with E-state index in [1.54, 1.807) is 0 Å². The summed E-state index contributed by atoms with van der Waals surface area (Å²) < 4.78 is 0. The molecule has 0 saturated heterocycles. The Labute approximate surface area is 95.7 Å². The minimum Gasteiger partial charge on any atom is -0.396 e. The van der Waals surface area contributed by atoms with Gasteiger partial charge in [0.1, 0.15) is 0 Å². The monoisotopic (exact) mass is 232 g/mol. The van der Waals surface area contributed by atoms with E-state index in [0.717, 1.165) is 0 Å². The van der Waals surface area contributed by atoms with E-state index in [2.05, 4.69) is 33.9 Å². The van der Waals surface area contributed by atoms with Crippen LogP contribution in [-0.4, -0.2) is 30.1 Å². The van der Waals surface area contributed by atoms with Crippen LogP contribution in [0.1, 0.15) is 41.0 Å². The maximum absolute atomic E-state index is 10.2. The van der Waals surface area contributed by atoms with E-state index in [0.29, 0.717) is 6.42 Å². The highest BCUT2D eigenvalue weighted by molar-refractivity contribution is 6.81. The van der Waals surface area contributed by atoms with Gasteiger partial charge in [-0.25, -0.2) is 0 Å². The van der Waals surface area contributed by atoms with Crippen LogP contribution in [0.4, 0.5) is 0 Å². The Hall–Kier alpha value is 0.137. The van der Waals surface area contributed by atoms with Crippen molar-refractivity contribution in [3.8, 4) is 0 Å². The van der Waals surface area contributed by atoms with E-state index in [-0.39, 0.29) is 22.8 Å². The van der Waals surface area contributed by atoms with Crippen molar-refractivity contribution in [2.24, 2.45) is 5.92 Å². The number of aliphatic hydroxyl groups is 2. The molecule has 0 aliphatic rings. The van der Waals surface area contributed by atoms with Gasteiger partial charge in [0.15, 0.2) is 0 Å². The average Bonchev–Trinajstić information content (AvgIpc) is 2.01. The number of hydrogen-bond acceptors (Lipinski definition) is 2. The molecule has 0 bridgehead atoms. The minimum atomic E-state index is -1.72. The van der Waals surface area contributed by atoms with Crippen LogP contribution >= 0.6 is 0 Å². The van der Waals surface area contributed by atoms with Gasteiger partial charge in [-0.15, -0.1) is 0 Å². The molecule has 0 aromatic carbocycles. The van der Waals surface area contributed by atoms with E-state index >= 15 is 0 Å². The largest absolute Gasteiger partial charge is 0.396 e. The van der Waals surface area contributed by atoms with E-state index in [1.165, 1.54) is 0 Å². The maximum Gasteiger partial charge on any atom is 0.0866 e. The fourth-order valence-electron chi connectivity index (χ4n) is 1.30. The molecule has 0 rings (SSSR count). The molecule has 0 spiro atoms. The lowest BCUT2D eigenvalue weighted by atomic mass is 10.1. The summed E-state index contributed by atoms with van der Waals surface area (Å²) in [6.07, 6.45) is 0.142. The van der Waals surface area contributed by atoms with Gasteiger partial charge in [-0.3, -0.25) is 0 Å². The van der Waals surface area contributed by atoms with Crippen LogP contribution in [0, 0.1) is 5.92 Å². The Morgan fingerprint density at radius 2 is 1.47 bits per heavy atom. The lowest BCUT2D eigenvalue weighted by Gasteiger charge is -2.41. The number of aliphatic hydroxyl groups excluding tert-OH is 2. The highest BCUT2D eigenvalue weighted by Gasteiger charge is 2.42. The molecule has 0 fully saturated rings. The van der Waals surface area contributed by atoms with Crippen LogP contribution in [0.2, 0.25) is 18.1 Å². The Balaban J connectivity index is 4.51. The van der Waals surface area contributed by atoms with Crippen molar-refractivity contribution in [3.05, 3.63) is 0 Å². The summed E-state index contributed by atoms with van der Waals surface area (Å²) in [6.45, 7) is 14.9. The molecule has 0 heterocycles. The molecule has 0 radical (unpaired) electrons. The first-order valence-electron chi connectivity index (χ1n) is 5.86. The van der Waals surface area contributed by atoms with Crippen LogP contribution in [0.25, 0.3) is 0 Å². The van der Waals surface area contributed by atoms with Crippen LogP contribution in [0.3, 0.4) is 0 Å². The number of rotatable bonds is 4. The van der Waals surface area contributed by atoms with Crippen molar-refractivity contribution in [2.45, 2.75) is 71.0 Å². The second-order valence-corrected chi connectivity index (χ2v) is 12.1. The van der Waals surface area contributed by atoms with Crippen molar-refractivity contribution in [1.82, 2.24) is 0 Å². The molecule has 0 amide bonds. The molecule has 2 nitrogen and oxygen atoms in total. The second kappa shape index (κ2) is 4.98. The first kappa shape index (κ1) is 15.1. The normalized spacial score (nSPS) is 18.0. The van der Waals surface area contributed by atoms with Gasteiger partial charge in [-0.05, 0) is 17.4 Å². The smallest absolute Gasteiger partial charge is 0.0866 e. The molecular formula is C12H28O2Si. The van der Waals surface area contributed by atoms with Crippen LogP contribution in [-0.2, 0) is 0 Å². The molecule has 3 heteroatoms. The van der Waals surface area contributed by atoms with E-state index in [4.69, 9.17) is 0 Å². The fourth-order valence-corrected chi connectivity index (χ4v) is 3.13. The molecular weight excluding hydrogens is 204 g/mol. The van der Waals surface area contributed by atoms with Crippen molar-refractivity contribution in [1.29, 1.82) is 0 Å². The Bertz CT molecular complexity index is 194. The zero-order chi connectivity index (χ0) is 12.4. The van der Waals surface area contributed by atoms with Crippen LogP contribution in [0.5, 0.6) is 0 Å². The van der Waals surface area contributed by atoms with Gasteiger partial charge in [-0.1, -0.05) is 47.7 Å². The zero-order valence-electron chi connectivity index (χ0n) is 11.3. The molecule has 0 aromatic heterocycles. The summed E-state index contributed by atoms with van der Waals surface area (Å²) >= 11 is 0. The SMILES string of the molecule is CC(C)C(O)CC(O)[Si](C)(C)C(C)(C)C. The summed E-state index contributed by atoms with van der Waals surface area (Å²) in [4.78, 5) is 0. The van der Waals surface area contributed by atoms with Crippen molar-refractivity contribution >= 4 is 8.07 Å². The molecule has 15 heavy (non-hydrogen) atoms. The second-order valence-electron chi connectivity index (χ2n) is 6.53. The molecule has 2 N–H and O–H groups in total. The topological polar surface area (TPSA) is 40.5 Å². The third kappa shape index (κ3) is 3.89. The quantitative estimate of drug-likeness (QED) is 0.732. The van der Waals surface area contributed by atoms with E-state index in [1.807, 2.05) is 13.8 Å². The van der Waals surface area contributed by atoms with Crippen LogP contribution < -0.4 is 0 Å². The Kier molecular flexibility index (Phi) is 5.02. The zero-order valence-corrected chi connectivity index (χ0v) is 12.3. The minimum absolute atomic E-state index is 0.170. The van der Waals surface area contributed by atoms with Gasteiger partial charge in [0.2, 0.25) is 0 Å². The van der Waals surface area contributed by atoms with Gasteiger partial charge in [0.25, 0.3) is 0 Å². The first-order valence-corrected chi connectivity index (χ1v) is 8.94. The predicted octanol–water partition coefficient (Wildman–Crippen LogP) is 2.80. The third-order valence-corrected chi connectivity index (χ3v) is 9.77. The lowest BCUT2D eigenvalue weighted by Crippen LogP contribution is -2.50. The summed E-state index contributed by atoms with van der Waals surface area (Å²) in [5.74, 6) is 0.226. The van der Waals surface area contributed by atoms with Gasteiger partial charge in [-0.2, -0.15) is 0 Å². The first-order chi connectivity index (χ1) is 6.50. The van der Waals surface area contributed by atoms with Crippen LogP contribution in [0.15, 0.2) is 0 Å². The molecule has 0 saturated carbocycles. The van der Waals surface area contributed by atoms with Crippen molar-refractivity contribution in [2.75, 3.05) is 0 Å². The van der Waals surface area contributed by atoms with Crippen molar-refractivity contribution in [3.63, 3.8) is 0 Å².